The minimum Gasteiger partial charge on any atom is -0.357 e. The second-order valence-electron chi connectivity index (χ2n) is 8.09. The highest BCUT2D eigenvalue weighted by atomic mass is 32.1. The molecule has 1 unspecified atom stereocenters. The third-order valence-electron chi connectivity index (χ3n) is 5.62. The number of carbonyl (C=O) groups is 3. The molecule has 0 spiro atoms. The number of thiazole rings is 1. The summed E-state index contributed by atoms with van der Waals surface area (Å²) in [6.45, 7) is 5.05. The SMILES string of the molecule is CC(C)[C@H](N)c1csc(NCc2ccc3c(c2)C(=O)N(C2CCC(=O)NC2=O)C3)n1. The molecule has 1 aromatic heterocycles. The van der Waals surface area contributed by atoms with E-state index in [0.29, 0.717) is 31.0 Å². The zero-order chi connectivity index (χ0) is 21.4. The molecule has 2 aliphatic rings. The summed E-state index contributed by atoms with van der Waals surface area (Å²) < 4.78 is 0. The molecule has 0 saturated carbocycles. The van der Waals surface area contributed by atoms with Crippen molar-refractivity contribution in [3.05, 3.63) is 46.0 Å². The molecule has 0 radical (unpaired) electrons. The van der Waals surface area contributed by atoms with Gasteiger partial charge in [-0.15, -0.1) is 11.3 Å². The van der Waals surface area contributed by atoms with Gasteiger partial charge in [0.2, 0.25) is 11.8 Å². The summed E-state index contributed by atoms with van der Waals surface area (Å²) in [5.41, 5.74) is 9.49. The number of piperidine rings is 1. The molecule has 3 amide bonds. The minimum atomic E-state index is -0.594. The first-order valence-electron chi connectivity index (χ1n) is 10.0. The highest BCUT2D eigenvalue weighted by Crippen LogP contribution is 2.29. The number of hydrogen-bond acceptors (Lipinski definition) is 7. The van der Waals surface area contributed by atoms with Crippen molar-refractivity contribution in [2.45, 2.75) is 51.9 Å². The van der Waals surface area contributed by atoms with Gasteiger partial charge in [0.25, 0.3) is 5.91 Å². The number of carbonyl (C=O) groups excluding carboxylic acids is 3. The van der Waals surface area contributed by atoms with Crippen LogP contribution in [-0.4, -0.2) is 33.6 Å². The second kappa shape index (κ2) is 8.16. The monoisotopic (exact) mass is 427 g/mol. The molecule has 1 fully saturated rings. The largest absolute Gasteiger partial charge is 0.357 e. The Balaban J connectivity index is 1.42. The number of nitrogens with one attached hydrogen (secondary N) is 2. The lowest BCUT2D eigenvalue weighted by Crippen LogP contribution is -2.52. The summed E-state index contributed by atoms with van der Waals surface area (Å²) in [6, 6.07) is 5.08. The zero-order valence-corrected chi connectivity index (χ0v) is 17.8. The van der Waals surface area contributed by atoms with Crippen molar-refractivity contribution in [1.29, 1.82) is 0 Å². The number of rotatable bonds is 6. The maximum Gasteiger partial charge on any atom is 0.255 e. The minimum absolute atomic E-state index is 0.0901. The van der Waals surface area contributed by atoms with Crippen LogP contribution in [0.25, 0.3) is 0 Å². The van der Waals surface area contributed by atoms with Gasteiger partial charge >= 0.3 is 0 Å². The Hall–Kier alpha value is -2.78. The lowest BCUT2D eigenvalue weighted by Gasteiger charge is -2.29. The van der Waals surface area contributed by atoms with Gasteiger partial charge in [0.1, 0.15) is 6.04 Å². The lowest BCUT2D eigenvalue weighted by molar-refractivity contribution is -0.136. The van der Waals surface area contributed by atoms with Crippen molar-refractivity contribution in [3.63, 3.8) is 0 Å². The Morgan fingerprint density at radius 2 is 2.13 bits per heavy atom. The first-order valence-corrected chi connectivity index (χ1v) is 10.9. The van der Waals surface area contributed by atoms with E-state index in [4.69, 9.17) is 5.73 Å². The molecule has 2 aromatic rings. The average molecular weight is 428 g/mol. The van der Waals surface area contributed by atoms with Crippen molar-refractivity contribution in [2.24, 2.45) is 11.7 Å². The molecule has 0 bridgehead atoms. The van der Waals surface area contributed by atoms with Crippen LogP contribution in [0, 0.1) is 5.92 Å². The van der Waals surface area contributed by atoms with Gasteiger partial charge in [-0.1, -0.05) is 26.0 Å². The Labute approximate surface area is 178 Å². The second-order valence-corrected chi connectivity index (χ2v) is 8.95. The fourth-order valence-corrected chi connectivity index (χ4v) is 4.51. The molecule has 30 heavy (non-hydrogen) atoms. The van der Waals surface area contributed by atoms with Crippen LogP contribution in [-0.2, 0) is 22.7 Å². The van der Waals surface area contributed by atoms with Crippen molar-refractivity contribution in [1.82, 2.24) is 15.2 Å². The summed E-state index contributed by atoms with van der Waals surface area (Å²) in [4.78, 5) is 42.6. The molecule has 3 heterocycles. The Morgan fingerprint density at radius 1 is 1.33 bits per heavy atom. The van der Waals surface area contributed by atoms with Crippen molar-refractivity contribution in [3.8, 4) is 0 Å². The summed E-state index contributed by atoms with van der Waals surface area (Å²) in [5.74, 6) is -0.530. The highest BCUT2D eigenvalue weighted by Gasteiger charge is 2.39. The third kappa shape index (κ3) is 3.95. The molecular weight excluding hydrogens is 402 g/mol. The molecule has 9 heteroatoms. The van der Waals surface area contributed by atoms with E-state index >= 15 is 0 Å². The molecule has 2 aliphatic heterocycles. The van der Waals surface area contributed by atoms with Crippen LogP contribution in [0.1, 0.15) is 59.9 Å². The summed E-state index contributed by atoms with van der Waals surface area (Å²) >= 11 is 1.51. The number of imide groups is 1. The van der Waals surface area contributed by atoms with Gasteiger partial charge in [0.15, 0.2) is 5.13 Å². The van der Waals surface area contributed by atoms with E-state index in [0.717, 1.165) is 22.0 Å². The van der Waals surface area contributed by atoms with E-state index in [2.05, 4.69) is 29.5 Å². The van der Waals surface area contributed by atoms with Crippen LogP contribution in [0.3, 0.4) is 0 Å². The van der Waals surface area contributed by atoms with E-state index in [-0.39, 0.29) is 24.3 Å². The van der Waals surface area contributed by atoms with E-state index in [9.17, 15) is 14.4 Å². The molecule has 4 N–H and O–H groups in total. The van der Waals surface area contributed by atoms with Crippen LogP contribution < -0.4 is 16.4 Å². The molecule has 2 atom stereocenters. The molecular formula is C21H25N5O3S. The normalized spacial score (nSPS) is 19.8. The summed E-state index contributed by atoms with van der Waals surface area (Å²) in [5, 5.41) is 8.38. The van der Waals surface area contributed by atoms with Gasteiger partial charge in [0, 0.05) is 30.5 Å². The van der Waals surface area contributed by atoms with Crippen molar-refractivity contribution >= 4 is 34.2 Å². The topological polar surface area (TPSA) is 117 Å². The maximum atomic E-state index is 12.9. The molecule has 1 aromatic carbocycles. The summed E-state index contributed by atoms with van der Waals surface area (Å²) in [7, 11) is 0. The van der Waals surface area contributed by atoms with Crippen molar-refractivity contribution in [2.75, 3.05) is 5.32 Å². The van der Waals surface area contributed by atoms with Crippen LogP contribution in [0.2, 0.25) is 0 Å². The Bertz CT molecular complexity index is 1000. The Kier molecular flexibility index (Phi) is 5.57. The number of anilines is 1. The van der Waals surface area contributed by atoms with E-state index in [1.165, 1.54) is 11.3 Å². The van der Waals surface area contributed by atoms with E-state index in [1.807, 2.05) is 23.6 Å². The number of benzene rings is 1. The van der Waals surface area contributed by atoms with E-state index < -0.39 is 11.9 Å². The number of amides is 3. The Morgan fingerprint density at radius 3 is 2.87 bits per heavy atom. The molecule has 0 aliphatic carbocycles. The molecule has 1 saturated heterocycles. The predicted octanol–water partition coefficient (Wildman–Crippen LogP) is 2.17. The zero-order valence-electron chi connectivity index (χ0n) is 17.0. The van der Waals surface area contributed by atoms with Gasteiger partial charge < -0.3 is 16.0 Å². The number of nitrogens with zero attached hydrogens (tertiary/aromatic N) is 2. The first-order chi connectivity index (χ1) is 14.3. The first kappa shape index (κ1) is 20.5. The predicted molar refractivity (Wildman–Crippen MR) is 114 cm³/mol. The third-order valence-corrected chi connectivity index (χ3v) is 6.44. The van der Waals surface area contributed by atoms with Gasteiger partial charge in [0.05, 0.1) is 11.7 Å². The van der Waals surface area contributed by atoms with Gasteiger partial charge in [-0.25, -0.2) is 4.98 Å². The number of fused-ring (bicyclic) bond motifs is 1. The highest BCUT2D eigenvalue weighted by molar-refractivity contribution is 7.13. The quantitative estimate of drug-likeness (QED) is 0.608. The number of aromatic nitrogens is 1. The lowest BCUT2D eigenvalue weighted by atomic mass is 10.0. The molecule has 158 valence electrons. The van der Waals surface area contributed by atoms with Gasteiger partial charge in [-0.2, -0.15) is 0 Å². The van der Waals surface area contributed by atoms with Crippen molar-refractivity contribution < 1.29 is 14.4 Å². The van der Waals surface area contributed by atoms with Crippen LogP contribution in [0.4, 0.5) is 5.13 Å². The van der Waals surface area contributed by atoms with Gasteiger partial charge in [-0.05, 0) is 29.5 Å². The van der Waals surface area contributed by atoms with Crippen LogP contribution in [0.15, 0.2) is 23.6 Å². The standard InChI is InChI=1S/C21H25N5O3S/c1-11(2)18(22)15-10-30-21(24-15)23-8-12-3-4-13-9-26(20(29)14(13)7-12)16-5-6-17(27)25-19(16)28/h3-4,7,10-11,16,18H,5-6,8-9,22H2,1-2H3,(H,23,24)(H,25,27,28)/t16?,18-/m0/s1. The molecule has 8 nitrogen and oxygen atoms in total. The fourth-order valence-electron chi connectivity index (χ4n) is 3.75. The smallest absolute Gasteiger partial charge is 0.255 e. The number of nitrogens with two attached hydrogens (primary N) is 1. The van der Waals surface area contributed by atoms with Crippen LogP contribution in [0.5, 0.6) is 0 Å². The van der Waals surface area contributed by atoms with E-state index in [1.54, 1.807) is 4.90 Å². The summed E-state index contributed by atoms with van der Waals surface area (Å²) in [6.07, 6.45) is 0.617. The van der Waals surface area contributed by atoms with Crippen LogP contribution >= 0.6 is 11.3 Å². The fraction of sp³-hybridized carbons (Fsp3) is 0.429. The molecule has 4 rings (SSSR count). The average Bonchev–Trinajstić information content (AvgIpc) is 3.31. The van der Waals surface area contributed by atoms with Gasteiger partial charge in [-0.3, -0.25) is 19.7 Å². The maximum absolute atomic E-state index is 12.9. The number of hydrogen-bond donors (Lipinski definition) is 3.